The van der Waals surface area contributed by atoms with Crippen LogP contribution >= 0.6 is 0 Å². The van der Waals surface area contributed by atoms with Crippen LogP contribution in [0.4, 0.5) is 0 Å². The number of benzene rings is 3. The Bertz CT molecular complexity index is 1590. The molecule has 0 aromatic heterocycles. The van der Waals surface area contributed by atoms with Crippen molar-refractivity contribution in [1.29, 1.82) is 0 Å². The lowest BCUT2D eigenvalue weighted by Crippen LogP contribution is -2.52. The molecule has 3 N–H and O–H groups in total. The summed E-state index contributed by atoms with van der Waals surface area (Å²) in [5.41, 5.74) is 3.27. The van der Waals surface area contributed by atoms with Crippen LogP contribution in [0.3, 0.4) is 0 Å². The van der Waals surface area contributed by atoms with Crippen molar-refractivity contribution in [2.75, 3.05) is 0 Å². The van der Waals surface area contributed by atoms with E-state index in [0.717, 1.165) is 5.56 Å². The van der Waals surface area contributed by atoms with Gasteiger partial charge in [-0.2, -0.15) is 4.72 Å². The Kier molecular flexibility index (Phi) is 7.51. The van der Waals surface area contributed by atoms with Crippen LogP contribution in [0, 0.1) is 6.92 Å². The fourth-order valence-electron chi connectivity index (χ4n) is 4.89. The number of piperidine rings is 1. The van der Waals surface area contributed by atoms with Gasteiger partial charge in [0.2, 0.25) is 27.7 Å². The maximum absolute atomic E-state index is 13.3. The molecule has 206 valence electrons. The summed E-state index contributed by atoms with van der Waals surface area (Å²) in [5.74, 6) is -1.65. The van der Waals surface area contributed by atoms with E-state index in [0.29, 0.717) is 22.3 Å². The number of hydrogen-bond acceptors (Lipinski definition) is 6. The van der Waals surface area contributed by atoms with Crippen LogP contribution in [-0.4, -0.2) is 43.0 Å². The van der Waals surface area contributed by atoms with Crippen LogP contribution in [-0.2, 0) is 37.5 Å². The normalized spacial score (nSPS) is 17.8. The molecule has 2 atom stereocenters. The predicted molar refractivity (Wildman–Crippen MR) is 145 cm³/mol. The average molecular weight is 561 g/mol. The largest absolute Gasteiger partial charge is 0.350 e. The van der Waals surface area contributed by atoms with Gasteiger partial charge in [0.05, 0.1) is 4.90 Å². The van der Waals surface area contributed by atoms with E-state index in [4.69, 9.17) is 0 Å². The van der Waals surface area contributed by atoms with Gasteiger partial charge in [0.25, 0.3) is 5.91 Å². The van der Waals surface area contributed by atoms with Crippen LogP contribution in [0.5, 0.6) is 0 Å². The van der Waals surface area contributed by atoms with Crippen molar-refractivity contribution < 1.29 is 27.6 Å². The van der Waals surface area contributed by atoms with E-state index in [1.165, 1.54) is 17.0 Å². The van der Waals surface area contributed by atoms with Crippen molar-refractivity contribution in [3.8, 4) is 0 Å². The molecule has 0 spiro atoms. The zero-order valence-corrected chi connectivity index (χ0v) is 22.5. The second kappa shape index (κ2) is 11.0. The highest BCUT2D eigenvalue weighted by atomic mass is 32.2. The van der Waals surface area contributed by atoms with Gasteiger partial charge in [0.1, 0.15) is 12.1 Å². The molecule has 0 aliphatic carbocycles. The van der Waals surface area contributed by atoms with Gasteiger partial charge in [0.15, 0.2) is 0 Å². The summed E-state index contributed by atoms with van der Waals surface area (Å²) in [6.07, 6.45) is 0.441. The summed E-state index contributed by atoms with van der Waals surface area (Å²) in [6.45, 7) is 2.16. The highest BCUT2D eigenvalue weighted by Crippen LogP contribution is 2.28. The smallest absolute Gasteiger partial charge is 0.255 e. The number of carbonyl (C=O) groups excluding carboxylic acids is 4. The van der Waals surface area contributed by atoms with Gasteiger partial charge in [-0.3, -0.25) is 24.5 Å². The van der Waals surface area contributed by atoms with E-state index < -0.39 is 33.9 Å². The Morgan fingerprint density at radius 1 is 1.02 bits per heavy atom. The third-order valence-corrected chi connectivity index (χ3v) is 8.49. The van der Waals surface area contributed by atoms with Gasteiger partial charge in [-0.05, 0) is 48.2 Å². The SMILES string of the molecule is Cc1ccc(S(=O)(=O)N[C@H](C(=O)NCc2ccc3c(c2)CN(C2CCC(=O)NC2=O)C3=O)c2ccccc2)cc1. The van der Waals surface area contributed by atoms with Crippen LogP contribution in [0.15, 0.2) is 77.7 Å². The van der Waals surface area contributed by atoms with Gasteiger partial charge < -0.3 is 10.2 Å². The third kappa shape index (κ3) is 5.65. The number of carbonyl (C=O) groups is 4. The highest BCUT2D eigenvalue weighted by Gasteiger charge is 2.39. The number of nitrogens with one attached hydrogen (secondary N) is 3. The topological polar surface area (TPSA) is 142 Å². The van der Waals surface area contributed by atoms with Gasteiger partial charge in [-0.25, -0.2) is 8.42 Å². The first kappa shape index (κ1) is 27.2. The molecule has 4 amide bonds. The van der Waals surface area contributed by atoms with E-state index in [1.807, 2.05) is 6.92 Å². The number of rotatable bonds is 8. The summed E-state index contributed by atoms with van der Waals surface area (Å²) in [6, 6.07) is 18.2. The first-order chi connectivity index (χ1) is 19.1. The molecule has 40 heavy (non-hydrogen) atoms. The Hall–Kier alpha value is -4.35. The van der Waals surface area contributed by atoms with E-state index >= 15 is 0 Å². The molecule has 3 aromatic carbocycles. The Balaban J connectivity index is 1.30. The standard InChI is InChI=1S/C29H28N4O6S/c1-18-7-10-22(11-8-18)40(38,39)32-26(20-5-3-2-4-6-20)28(36)30-16-19-9-12-23-21(15-19)17-33(29(23)37)24-13-14-25(34)31-27(24)35/h2-12,15,24,26,32H,13-14,16-17H2,1H3,(H,30,36)(H,31,34,35)/t24?,26-/m0/s1. The maximum Gasteiger partial charge on any atom is 0.255 e. The molecular formula is C29H28N4O6S. The maximum atomic E-state index is 13.3. The Labute approximate surface area is 231 Å². The quantitative estimate of drug-likeness (QED) is 0.360. The molecule has 0 radical (unpaired) electrons. The number of sulfonamides is 1. The Morgan fingerprint density at radius 3 is 2.45 bits per heavy atom. The van der Waals surface area contributed by atoms with Crippen LogP contribution in [0.25, 0.3) is 0 Å². The molecule has 1 saturated heterocycles. The van der Waals surface area contributed by atoms with Crippen LogP contribution in [0.2, 0.25) is 0 Å². The minimum atomic E-state index is -4.00. The molecule has 10 nitrogen and oxygen atoms in total. The summed E-state index contributed by atoms with van der Waals surface area (Å²) in [4.78, 5) is 51.6. The summed E-state index contributed by atoms with van der Waals surface area (Å²) in [5, 5.41) is 5.09. The number of aryl methyl sites for hydroxylation is 1. The second-order valence-electron chi connectivity index (χ2n) is 9.89. The molecule has 5 rings (SSSR count). The number of amides is 4. The molecule has 1 fully saturated rings. The highest BCUT2D eigenvalue weighted by molar-refractivity contribution is 7.89. The molecule has 2 aliphatic heterocycles. The molecule has 0 bridgehead atoms. The van der Waals surface area contributed by atoms with Gasteiger partial charge >= 0.3 is 0 Å². The Morgan fingerprint density at radius 2 is 1.75 bits per heavy atom. The zero-order valence-electron chi connectivity index (χ0n) is 21.7. The summed E-state index contributed by atoms with van der Waals surface area (Å²) in [7, 11) is -4.00. The lowest BCUT2D eigenvalue weighted by atomic mass is 10.0. The first-order valence-electron chi connectivity index (χ1n) is 12.8. The third-order valence-electron chi connectivity index (χ3n) is 7.05. The lowest BCUT2D eigenvalue weighted by molar-refractivity contribution is -0.137. The van der Waals surface area contributed by atoms with Crippen molar-refractivity contribution >= 4 is 33.7 Å². The average Bonchev–Trinajstić information content (AvgIpc) is 3.26. The molecule has 1 unspecified atom stereocenters. The van der Waals surface area contributed by atoms with E-state index in [1.54, 1.807) is 60.7 Å². The molecule has 2 aliphatic rings. The van der Waals surface area contributed by atoms with Crippen molar-refractivity contribution in [2.24, 2.45) is 0 Å². The van der Waals surface area contributed by atoms with E-state index in [-0.39, 0.29) is 42.6 Å². The molecular weight excluding hydrogens is 532 g/mol. The zero-order chi connectivity index (χ0) is 28.4. The second-order valence-corrected chi connectivity index (χ2v) is 11.6. The van der Waals surface area contributed by atoms with Crippen LogP contribution in [0.1, 0.15) is 51.5 Å². The fraction of sp³-hybridized carbons (Fsp3) is 0.241. The van der Waals surface area contributed by atoms with Gasteiger partial charge in [-0.15, -0.1) is 0 Å². The van der Waals surface area contributed by atoms with Crippen molar-refractivity contribution in [3.63, 3.8) is 0 Å². The molecule has 3 aromatic rings. The molecule has 2 heterocycles. The summed E-state index contributed by atoms with van der Waals surface area (Å²) >= 11 is 0. The predicted octanol–water partition coefficient (Wildman–Crippen LogP) is 2.09. The van der Waals surface area contributed by atoms with E-state index in [2.05, 4.69) is 15.4 Å². The van der Waals surface area contributed by atoms with Crippen molar-refractivity contribution in [1.82, 2.24) is 20.3 Å². The van der Waals surface area contributed by atoms with E-state index in [9.17, 15) is 27.6 Å². The number of imide groups is 1. The lowest BCUT2D eigenvalue weighted by Gasteiger charge is -2.29. The molecule has 0 saturated carbocycles. The van der Waals surface area contributed by atoms with Gasteiger partial charge in [-0.1, -0.05) is 60.2 Å². The van der Waals surface area contributed by atoms with Crippen LogP contribution < -0.4 is 15.4 Å². The minimum Gasteiger partial charge on any atom is -0.350 e. The number of hydrogen-bond donors (Lipinski definition) is 3. The number of nitrogens with zero attached hydrogens (tertiary/aromatic N) is 1. The van der Waals surface area contributed by atoms with Gasteiger partial charge in [0, 0.05) is 25.1 Å². The van der Waals surface area contributed by atoms with Crippen molar-refractivity contribution in [3.05, 3.63) is 101 Å². The first-order valence-corrected chi connectivity index (χ1v) is 14.3. The summed E-state index contributed by atoms with van der Waals surface area (Å²) < 4.78 is 28.7. The fourth-order valence-corrected chi connectivity index (χ4v) is 6.07. The number of fused-ring (bicyclic) bond motifs is 1. The van der Waals surface area contributed by atoms with Crippen molar-refractivity contribution in [2.45, 2.75) is 49.8 Å². The molecule has 11 heteroatoms. The monoisotopic (exact) mass is 560 g/mol. The minimum absolute atomic E-state index is 0.0516.